The van der Waals surface area contributed by atoms with Crippen molar-refractivity contribution in [2.45, 2.75) is 36.5 Å². The van der Waals surface area contributed by atoms with Crippen LogP contribution in [0.3, 0.4) is 0 Å². The minimum Gasteiger partial charge on any atom is -0.355 e. The lowest BCUT2D eigenvalue weighted by molar-refractivity contribution is -0.143. The number of anilines is 1. The van der Waals surface area contributed by atoms with Crippen LogP contribution in [0.4, 0.5) is 40.9 Å². The van der Waals surface area contributed by atoms with Gasteiger partial charge in [0, 0.05) is 25.1 Å². The molecule has 2 aromatic rings. The summed E-state index contributed by atoms with van der Waals surface area (Å²) in [5, 5.41) is 0. The third-order valence-electron chi connectivity index (χ3n) is 5.82. The minimum absolute atomic E-state index is 0.0909. The highest BCUT2D eigenvalue weighted by Crippen LogP contribution is 2.51. The molecule has 0 saturated carbocycles. The minimum atomic E-state index is -5.18. The summed E-state index contributed by atoms with van der Waals surface area (Å²) in [5.41, 5.74) is -6.31. The summed E-state index contributed by atoms with van der Waals surface area (Å²) in [5.74, 6) is -3.59. The number of hydrogen-bond acceptors (Lipinski definition) is 3. The Bertz CT molecular complexity index is 1070. The van der Waals surface area contributed by atoms with E-state index in [0.29, 0.717) is 18.4 Å². The topological polar surface area (TPSA) is 33.2 Å². The standard InChI is InChI=1S/C22H17BrF8N2O/c1-2-5-20(24,25)19(6-7-33(12-19)17-4-3-13(11-34)18(23)32-17)14-8-15(21(26,27)28)10-16(9-14)22(29,30)31/h2-4,8-11H,1,5-7,12H2. The molecule has 0 radical (unpaired) electrons. The number of aromatic nitrogens is 1. The zero-order chi connectivity index (χ0) is 25.5. The van der Waals surface area contributed by atoms with Gasteiger partial charge in [0.15, 0.2) is 6.29 Å². The zero-order valence-electron chi connectivity index (χ0n) is 17.3. The Hall–Kier alpha value is -2.50. The number of alkyl halides is 8. The normalized spacial score (nSPS) is 19.4. The van der Waals surface area contributed by atoms with Crippen LogP contribution >= 0.6 is 15.9 Å². The van der Waals surface area contributed by atoms with Gasteiger partial charge in [-0.05, 0) is 58.2 Å². The van der Waals surface area contributed by atoms with Crippen LogP contribution in [0.5, 0.6) is 0 Å². The van der Waals surface area contributed by atoms with Crippen LogP contribution in [0.2, 0.25) is 0 Å². The van der Waals surface area contributed by atoms with E-state index in [0.717, 1.165) is 6.08 Å². The van der Waals surface area contributed by atoms with Crippen molar-refractivity contribution in [3.05, 3.63) is 69.8 Å². The molecule has 1 aliphatic rings. The number of carbonyl (C=O) groups is 1. The summed E-state index contributed by atoms with van der Waals surface area (Å²) < 4.78 is 112. The predicted octanol–water partition coefficient (Wildman–Crippen LogP) is 7.05. The number of rotatable bonds is 6. The fourth-order valence-corrected chi connectivity index (χ4v) is 4.47. The molecule has 184 valence electrons. The van der Waals surface area contributed by atoms with Crippen LogP contribution < -0.4 is 4.90 Å². The van der Waals surface area contributed by atoms with Gasteiger partial charge in [-0.25, -0.2) is 13.8 Å². The molecule has 0 aliphatic carbocycles. The summed E-state index contributed by atoms with van der Waals surface area (Å²) in [6.45, 7) is 2.53. The van der Waals surface area contributed by atoms with Crippen molar-refractivity contribution in [1.29, 1.82) is 0 Å². The molecular formula is C22H17BrF8N2O. The summed E-state index contributed by atoms with van der Waals surface area (Å²) in [6, 6.07) is 3.35. The molecule has 1 aromatic heterocycles. The van der Waals surface area contributed by atoms with Crippen LogP contribution in [0, 0.1) is 0 Å². The van der Waals surface area contributed by atoms with Gasteiger partial charge in [-0.3, -0.25) is 4.79 Å². The number of hydrogen-bond donors (Lipinski definition) is 0. The summed E-state index contributed by atoms with van der Waals surface area (Å²) in [6.07, 6.45) is -10.4. The second-order valence-corrected chi connectivity index (χ2v) is 8.66. The average Bonchev–Trinajstić information content (AvgIpc) is 3.19. The first-order chi connectivity index (χ1) is 15.6. The maximum atomic E-state index is 15.5. The quantitative estimate of drug-likeness (QED) is 0.165. The Morgan fingerprint density at radius 2 is 1.62 bits per heavy atom. The molecular weight excluding hydrogens is 540 g/mol. The first kappa shape index (κ1) is 26.1. The molecule has 1 atom stereocenters. The second kappa shape index (κ2) is 8.94. The van der Waals surface area contributed by atoms with E-state index in [2.05, 4.69) is 27.5 Å². The van der Waals surface area contributed by atoms with Crippen LogP contribution in [-0.4, -0.2) is 30.3 Å². The van der Waals surface area contributed by atoms with E-state index in [1.807, 2.05) is 0 Å². The first-order valence-corrected chi connectivity index (χ1v) is 10.6. The van der Waals surface area contributed by atoms with Crippen molar-refractivity contribution < 1.29 is 39.9 Å². The molecule has 0 N–H and O–H groups in total. The summed E-state index contributed by atoms with van der Waals surface area (Å²) >= 11 is 3.07. The van der Waals surface area contributed by atoms with Gasteiger partial charge in [-0.2, -0.15) is 26.3 Å². The zero-order valence-corrected chi connectivity index (χ0v) is 18.9. The number of aldehydes is 1. The Morgan fingerprint density at radius 1 is 1.03 bits per heavy atom. The van der Waals surface area contributed by atoms with Gasteiger partial charge in [-0.15, -0.1) is 6.58 Å². The van der Waals surface area contributed by atoms with Crippen molar-refractivity contribution in [3.63, 3.8) is 0 Å². The van der Waals surface area contributed by atoms with Gasteiger partial charge in [-0.1, -0.05) is 6.08 Å². The molecule has 1 aromatic carbocycles. The van der Waals surface area contributed by atoms with Gasteiger partial charge < -0.3 is 4.90 Å². The van der Waals surface area contributed by atoms with E-state index in [1.54, 1.807) is 0 Å². The maximum Gasteiger partial charge on any atom is 0.416 e. The van der Waals surface area contributed by atoms with Crippen molar-refractivity contribution in [2.24, 2.45) is 0 Å². The summed E-state index contributed by atoms with van der Waals surface area (Å²) in [7, 11) is 0. The van der Waals surface area contributed by atoms with Crippen LogP contribution in [-0.2, 0) is 17.8 Å². The number of halogens is 9. The fourth-order valence-electron chi connectivity index (χ4n) is 4.06. The van der Waals surface area contributed by atoms with Crippen LogP contribution in [0.25, 0.3) is 0 Å². The molecule has 3 rings (SSSR count). The number of carbonyl (C=O) groups excluding carboxylic acids is 1. The highest BCUT2D eigenvalue weighted by Gasteiger charge is 2.58. The van der Waals surface area contributed by atoms with E-state index in [1.165, 1.54) is 17.0 Å². The summed E-state index contributed by atoms with van der Waals surface area (Å²) in [4.78, 5) is 16.5. The Morgan fingerprint density at radius 3 is 2.09 bits per heavy atom. The SMILES string of the molecule is C=CCC(F)(F)C1(c2cc(C(F)(F)F)cc(C(F)(F)F)c2)CCN(c2ccc(C=O)c(Br)n2)C1. The van der Waals surface area contributed by atoms with E-state index in [-0.39, 0.29) is 28.6 Å². The van der Waals surface area contributed by atoms with Gasteiger partial charge in [0.05, 0.1) is 16.5 Å². The van der Waals surface area contributed by atoms with Crippen molar-refractivity contribution in [3.8, 4) is 0 Å². The van der Waals surface area contributed by atoms with E-state index in [9.17, 15) is 31.1 Å². The van der Waals surface area contributed by atoms with E-state index in [4.69, 9.17) is 0 Å². The van der Waals surface area contributed by atoms with E-state index >= 15 is 8.78 Å². The molecule has 12 heteroatoms. The highest BCUT2D eigenvalue weighted by molar-refractivity contribution is 9.10. The van der Waals surface area contributed by atoms with Gasteiger partial charge in [0.25, 0.3) is 5.92 Å². The lowest BCUT2D eigenvalue weighted by Gasteiger charge is -2.38. The molecule has 1 saturated heterocycles. The molecule has 34 heavy (non-hydrogen) atoms. The number of nitrogens with zero attached hydrogens (tertiary/aromatic N) is 2. The average molecular weight is 557 g/mol. The Labute approximate surface area is 197 Å². The number of allylic oxidation sites excluding steroid dienone is 1. The lowest BCUT2D eigenvalue weighted by atomic mass is 9.72. The molecule has 0 spiro atoms. The third kappa shape index (κ3) is 4.82. The second-order valence-electron chi connectivity index (χ2n) is 7.91. The molecule has 0 bridgehead atoms. The third-order valence-corrected chi connectivity index (χ3v) is 6.46. The monoisotopic (exact) mass is 556 g/mol. The Balaban J connectivity index is 2.19. The van der Waals surface area contributed by atoms with Crippen LogP contribution in [0.1, 0.15) is 39.9 Å². The first-order valence-electron chi connectivity index (χ1n) is 9.80. The van der Waals surface area contributed by atoms with Crippen LogP contribution in [0.15, 0.2) is 47.6 Å². The molecule has 1 aliphatic heterocycles. The number of benzene rings is 1. The van der Waals surface area contributed by atoms with E-state index < -0.39 is 59.8 Å². The number of pyridine rings is 1. The van der Waals surface area contributed by atoms with Crippen molar-refractivity contribution >= 4 is 28.0 Å². The molecule has 2 heterocycles. The van der Waals surface area contributed by atoms with Crippen molar-refractivity contribution in [2.75, 3.05) is 18.0 Å². The molecule has 1 unspecified atom stereocenters. The molecule has 0 amide bonds. The smallest absolute Gasteiger partial charge is 0.355 e. The predicted molar refractivity (Wildman–Crippen MR) is 112 cm³/mol. The van der Waals surface area contributed by atoms with Crippen molar-refractivity contribution in [1.82, 2.24) is 4.98 Å². The largest absolute Gasteiger partial charge is 0.416 e. The maximum absolute atomic E-state index is 15.5. The molecule has 1 fully saturated rings. The molecule has 3 nitrogen and oxygen atoms in total. The lowest BCUT2D eigenvalue weighted by Crippen LogP contribution is -2.47. The Kier molecular flexibility index (Phi) is 6.86. The van der Waals surface area contributed by atoms with Gasteiger partial charge in [0.1, 0.15) is 10.4 Å². The fraction of sp³-hybridized carbons (Fsp3) is 0.364. The van der Waals surface area contributed by atoms with Gasteiger partial charge >= 0.3 is 12.4 Å². The highest BCUT2D eigenvalue weighted by atomic mass is 79.9. The van der Waals surface area contributed by atoms with Gasteiger partial charge in [0.2, 0.25) is 0 Å².